The lowest BCUT2D eigenvalue weighted by atomic mass is 9.91. The maximum atomic E-state index is 10.2. The molecule has 0 saturated carbocycles. The van der Waals surface area contributed by atoms with Crippen molar-refractivity contribution in [3.8, 4) is 0 Å². The van der Waals surface area contributed by atoms with Crippen molar-refractivity contribution in [2.45, 2.75) is 38.8 Å². The van der Waals surface area contributed by atoms with Gasteiger partial charge in [-0.2, -0.15) is 0 Å². The fourth-order valence-electron chi connectivity index (χ4n) is 2.20. The van der Waals surface area contributed by atoms with E-state index in [-0.39, 0.29) is 12.1 Å². The molecule has 0 aliphatic carbocycles. The predicted octanol–water partition coefficient (Wildman–Crippen LogP) is 2.48. The van der Waals surface area contributed by atoms with Crippen LogP contribution in [0.3, 0.4) is 0 Å². The van der Waals surface area contributed by atoms with Gasteiger partial charge in [-0.3, -0.25) is 0 Å². The maximum Gasteiger partial charge on any atom is 0.103 e. The zero-order valence-electron chi connectivity index (χ0n) is 9.36. The molecule has 1 aliphatic rings. The van der Waals surface area contributed by atoms with Crippen LogP contribution in [0.25, 0.3) is 0 Å². The van der Waals surface area contributed by atoms with Crippen molar-refractivity contribution in [2.75, 3.05) is 6.54 Å². The molecule has 0 radical (unpaired) electrons. The number of piperidine rings is 1. The Morgan fingerprint density at radius 3 is 2.93 bits per heavy atom. The standard InChI is InChI=1S/C12H19NOS/c1-8-5-6-13-10(7-8)12(14)11-4-3-9(2)15-11/h3-4,8,10,12-14H,5-7H2,1-2H3. The Morgan fingerprint density at radius 1 is 1.53 bits per heavy atom. The summed E-state index contributed by atoms with van der Waals surface area (Å²) in [6.07, 6.45) is 1.98. The van der Waals surface area contributed by atoms with E-state index in [1.165, 1.54) is 11.3 Å². The van der Waals surface area contributed by atoms with Gasteiger partial charge in [0, 0.05) is 15.8 Å². The van der Waals surface area contributed by atoms with Gasteiger partial charge in [0.25, 0.3) is 0 Å². The Balaban J connectivity index is 2.03. The molecule has 2 heterocycles. The van der Waals surface area contributed by atoms with E-state index in [0.29, 0.717) is 0 Å². The minimum absolute atomic E-state index is 0.242. The molecule has 1 saturated heterocycles. The van der Waals surface area contributed by atoms with Crippen molar-refractivity contribution in [3.05, 3.63) is 21.9 Å². The van der Waals surface area contributed by atoms with Crippen LogP contribution in [0, 0.1) is 12.8 Å². The molecule has 0 bridgehead atoms. The van der Waals surface area contributed by atoms with E-state index in [1.54, 1.807) is 11.3 Å². The smallest absolute Gasteiger partial charge is 0.103 e. The van der Waals surface area contributed by atoms with E-state index in [4.69, 9.17) is 0 Å². The number of nitrogens with one attached hydrogen (secondary N) is 1. The summed E-state index contributed by atoms with van der Waals surface area (Å²) >= 11 is 1.70. The molecule has 15 heavy (non-hydrogen) atoms. The lowest BCUT2D eigenvalue weighted by Gasteiger charge is -2.31. The highest BCUT2D eigenvalue weighted by molar-refractivity contribution is 7.12. The summed E-state index contributed by atoms with van der Waals surface area (Å²) in [6, 6.07) is 4.37. The lowest BCUT2D eigenvalue weighted by Crippen LogP contribution is -2.41. The largest absolute Gasteiger partial charge is 0.386 e. The molecule has 0 spiro atoms. The first-order valence-electron chi connectivity index (χ1n) is 5.64. The van der Waals surface area contributed by atoms with Crippen molar-refractivity contribution in [2.24, 2.45) is 5.92 Å². The van der Waals surface area contributed by atoms with Crippen molar-refractivity contribution in [1.29, 1.82) is 0 Å². The topological polar surface area (TPSA) is 32.3 Å². The SMILES string of the molecule is Cc1ccc(C(O)C2CC(C)CCN2)s1. The van der Waals surface area contributed by atoms with Gasteiger partial charge in [0.2, 0.25) is 0 Å². The number of aliphatic hydroxyl groups is 1. The molecule has 2 N–H and O–H groups in total. The van der Waals surface area contributed by atoms with Crippen LogP contribution in [-0.2, 0) is 0 Å². The Hall–Kier alpha value is -0.380. The van der Waals surface area contributed by atoms with Crippen LogP contribution in [0.1, 0.15) is 35.6 Å². The zero-order chi connectivity index (χ0) is 10.8. The first-order chi connectivity index (χ1) is 7.16. The first-order valence-corrected chi connectivity index (χ1v) is 6.46. The molecule has 0 amide bonds. The Kier molecular flexibility index (Phi) is 3.44. The summed E-state index contributed by atoms with van der Waals surface area (Å²) in [5.74, 6) is 0.729. The van der Waals surface area contributed by atoms with Gasteiger partial charge >= 0.3 is 0 Å². The molecular weight excluding hydrogens is 206 g/mol. The maximum absolute atomic E-state index is 10.2. The molecule has 84 valence electrons. The molecule has 1 aromatic rings. The van der Waals surface area contributed by atoms with E-state index in [2.05, 4.69) is 25.2 Å². The average molecular weight is 225 g/mol. The first kappa shape index (κ1) is 11.1. The number of thiophene rings is 1. The van der Waals surface area contributed by atoms with Crippen LogP contribution in [0.4, 0.5) is 0 Å². The van der Waals surface area contributed by atoms with Gasteiger partial charge in [0.1, 0.15) is 6.10 Å². The molecule has 1 aromatic heterocycles. The van der Waals surface area contributed by atoms with Gasteiger partial charge in [-0.05, 0) is 44.4 Å². The van der Waals surface area contributed by atoms with Crippen LogP contribution in [-0.4, -0.2) is 17.7 Å². The molecule has 3 unspecified atom stereocenters. The third kappa shape index (κ3) is 2.60. The third-order valence-electron chi connectivity index (χ3n) is 3.13. The van der Waals surface area contributed by atoms with Crippen LogP contribution < -0.4 is 5.32 Å². The number of hydrogen-bond acceptors (Lipinski definition) is 3. The minimum Gasteiger partial charge on any atom is -0.386 e. The molecule has 3 atom stereocenters. The van der Waals surface area contributed by atoms with Gasteiger partial charge in [-0.25, -0.2) is 0 Å². The predicted molar refractivity (Wildman–Crippen MR) is 64.2 cm³/mol. The summed E-state index contributed by atoms with van der Waals surface area (Å²) in [6.45, 7) is 5.38. The highest BCUT2D eigenvalue weighted by Crippen LogP contribution is 2.29. The second-order valence-electron chi connectivity index (χ2n) is 4.58. The highest BCUT2D eigenvalue weighted by atomic mass is 32.1. The Morgan fingerprint density at radius 2 is 2.33 bits per heavy atom. The van der Waals surface area contributed by atoms with Crippen molar-refractivity contribution >= 4 is 11.3 Å². The van der Waals surface area contributed by atoms with Crippen LogP contribution in [0.2, 0.25) is 0 Å². The van der Waals surface area contributed by atoms with Crippen LogP contribution in [0.15, 0.2) is 12.1 Å². The van der Waals surface area contributed by atoms with Gasteiger partial charge in [0.15, 0.2) is 0 Å². The van der Waals surface area contributed by atoms with Crippen molar-refractivity contribution < 1.29 is 5.11 Å². The molecule has 2 rings (SSSR count). The second-order valence-corrected chi connectivity index (χ2v) is 5.90. The number of aliphatic hydroxyl groups excluding tert-OH is 1. The van der Waals surface area contributed by atoms with E-state index in [0.717, 1.165) is 23.8 Å². The normalized spacial score (nSPS) is 29.0. The van der Waals surface area contributed by atoms with E-state index in [1.807, 2.05) is 6.07 Å². The molecule has 0 aromatic carbocycles. The quantitative estimate of drug-likeness (QED) is 0.810. The van der Waals surface area contributed by atoms with Crippen molar-refractivity contribution in [1.82, 2.24) is 5.32 Å². The third-order valence-corrected chi connectivity index (χ3v) is 4.21. The molecule has 1 fully saturated rings. The van der Waals surface area contributed by atoms with Gasteiger partial charge < -0.3 is 10.4 Å². The summed E-state index contributed by atoms with van der Waals surface area (Å²) < 4.78 is 0. The fourth-order valence-corrected chi connectivity index (χ4v) is 3.13. The van der Waals surface area contributed by atoms with Gasteiger partial charge in [-0.15, -0.1) is 11.3 Å². The average Bonchev–Trinajstić information content (AvgIpc) is 2.64. The summed E-state index contributed by atoms with van der Waals surface area (Å²) in [7, 11) is 0. The molecular formula is C12H19NOS. The van der Waals surface area contributed by atoms with E-state index >= 15 is 0 Å². The summed E-state index contributed by atoms with van der Waals surface area (Å²) in [5.41, 5.74) is 0. The fraction of sp³-hybridized carbons (Fsp3) is 0.667. The molecule has 2 nitrogen and oxygen atoms in total. The second kappa shape index (κ2) is 4.64. The monoisotopic (exact) mass is 225 g/mol. The van der Waals surface area contributed by atoms with Crippen molar-refractivity contribution in [3.63, 3.8) is 0 Å². The Labute approximate surface area is 95.3 Å². The molecule has 3 heteroatoms. The summed E-state index contributed by atoms with van der Waals surface area (Å²) in [4.78, 5) is 2.37. The van der Waals surface area contributed by atoms with Crippen LogP contribution in [0.5, 0.6) is 0 Å². The number of hydrogen-bond donors (Lipinski definition) is 2. The lowest BCUT2D eigenvalue weighted by molar-refractivity contribution is 0.104. The number of rotatable bonds is 2. The van der Waals surface area contributed by atoms with Gasteiger partial charge in [-0.1, -0.05) is 6.92 Å². The summed E-state index contributed by atoms with van der Waals surface area (Å²) in [5, 5.41) is 13.6. The van der Waals surface area contributed by atoms with Gasteiger partial charge in [0.05, 0.1) is 0 Å². The Bertz CT molecular complexity index is 323. The zero-order valence-corrected chi connectivity index (χ0v) is 10.2. The minimum atomic E-state index is -0.327. The molecule has 1 aliphatic heterocycles. The van der Waals surface area contributed by atoms with E-state index in [9.17, 15) is 5.11 Å². The van der Waals surface area contributed by atoms with E-state index < -0.39 is 0 Å². The highest BCUT2D eigenvalue weighted by Gasteiger charge is 2.26. The number of aryl methyl sites for hydroxylation is 1. The van der Waals surface area contributed by atoms with Crippen LogP contribution >= 0.6 is 11.3 Å².